The Morgan fingerprint density at radius 1 is 1.32 bits per heavy atom. The Morgan fingerprint density at radius 2 is 2.05 bits per heavy atom. The number of aliphatic hydroxyl groups is 2. The molecule has 0 spiro atoms. The van der Waals surface area contributed by atoms with Crippen molar-refractivity contribution in [1.82, 2.24) is 4.90 Å². The highest BCUT2D eigenvalue weighted by Crippen LogP contribution is 2.23. The number of aliphatic hydroxyl groups excluding tert-OH is 2. The van der Waals surface area contributed by atoms with Crippen LogP contribution in [0.4, 0.5) is 0 Å². The van der Waals surface area contributed by atoms with Crippen LogP contribution in [0.2, 0.25) is 0 Å². The van der Waals surface area contributed by atoms with Gasteiger partial charge in [-0.3, -0.25) is 4.90 Å². The summed E-state index contributed by atoms with van der Waals surface area (Å²) in [5.41, 5.74) is 1.17. The fourth-order valence-electron chi connectivity index (χ4n) is 3.08. The highest BCUT2D eigenvalue weighted by molar-refractivity contribution is 5.15. The van der Waals surface area contributed by atoms with Gasteiger partial charge in [-0.25, -0.2) is 0 Å². The fourth-order valence-corrected chi connectivity index (χ4v) is 3.08. The molecule has 0 aromatic heterocycles. The van der Waals surface area contributed by atoms with Crippen molar-refractivity contribution in [3.63, 3.8) is 0 Å². The molecule has 0 aliphatic carbocycles. The summed E-state index contributed by atoms with van der Waals surface area (Å²) in [6, 6.07) is 10.3. The Kier molecular flexibility index (Phi) is 5.37. The first-order chi connectivity index (χ1) is 9.20. The highest BCUT2D eigenvalue weighted by atomic mass is 16.3. The van der Waals surface area contributed by atoms with Crippen molar-refractivity contribution in [1.29, 1.82) is 0 Å². The molecular formula is C16H25NO2. The molecule has 1 aliphatic heterocycles. The summed E-state index contributed by atoms with van der Waals surface area (Å²) in [6.07, 6.45) is 2.66. The van der Waals surface area contributed by atoms with Gasteiger partial charge in [0.2, 0.25) is 0 Å². The van der Waals surface area contributed by atoms with Gasteiger partial charge in [0.25, 0.3) is 0 Å². The van der Waals surface area contributed by atoms with E-state index in [2.05, 4.69) is 11.8 Å². The van der Waals surface area contributed by atoms with Crippen LogP contribution in [0.25, 0.3) is 0 Å². The van der Waals surface area contributed by atoms with Crippen molar-refractivity contribution in [2.75, 3.05) is 19.7 Å². The van der Waals surface area contributed by atoms with E-state index in [0.717, 1.165) is 13.0 Å². The first-order valence-corrected chi connectivity index (χ1v) is 7.27. The van der Waals surface area contributed by atoms with E-state index < -0.39 is 0 Å². The summed E-state index contributed by atoms with van der Waals surface area (Å²) in [5, 5.41) is 19.7. The van der Waals surface area contributed by atoms with Gasteiger partial charge >= 0.3 is 0 Å². The van der Waals surface area contributed by atoms with Crippen LogP contribution in [-0.4, -0.2) is 47.0 Å². The van der Waals surface area contributed by atoms with Gasteiger partial charge in [0.15, 0.2) is 0 Å². The molecule has 0 amide bonds. The molecule has 1 aromatic carbocycles. The molecule has 1 heterocycles. The largest absolute Gasteiger partial charge is 0.395 e. The van der Waals surface area contributed by atoms with E-state index in [4.69, 9.17) is 0 Å². The lowest BCUT2D eigenvalue weighted by Crippen LogP contribution is -2.49. The maximum absolute atomic E-state index is 10.2. The van der Waals surface area contributed by atoms with E-state index in [1.165, 1.54) is 12.0 Å². The number of rotatable bonds is 5. The number of likely N-dealkylation sites (tertiary alicyclic amines) is 1. The molecule has 3 nitrogen and oxygen atoms in total. The van der Waals surface area contributed by atoms with Crippen molar-refractivity contribution < 1.29 is 10.2 Å². The van der Waals surface area contributed by atoms with Crippen LogP contribution < -0.4 is 0 Å². The summed E-state index contributed by atoms with van der Waals surface area (Å²) >= 11 is 0. The van der Waals surface area contributed by atoms with Gasteiger partial charge in [0, 0.05) is 12.6 Å². The maximum atomic E-state index is 10.2. The minimum Gasteiger partial charge on any atom is -0.395 e. The monoisotopic (exact) mass is 263 g/mol. The Balaban J connectivity index is 1.88. The molecule has 1 aromatic rings. The Labute approximate surface area is 115 Å². The van der Waals surface area contributed by atoms with Gasteiger partial charge in [0.05, 0.1) is 12.7 Å². The average molecular weight is 263 g/mol. The summed E-state index contributed by atoms with van der Waals surface area (Å²) in [6.45, 7) is 4.03. The van der Waals surface area contributed by atoms with Crippen LogP contribution in [0.3, 0.4) is 0 Å². The highest BCUT2D eigenvalue weighted by Gasteiger charge is 2.28. The third-order valence-electron chi connectivity index (χ3n) is 4.18. The molecule has 3 atom stereocenters. The second-order valence-corrected chi connectivity index (χ2v) is 5.71. The summed E-state index contributed by atoms with van der Waals surface area (Å²) < 4.78 is 0. The zero-order chi connectivity index (χ0) is 13.7. The smallest absolute Gasteiger partial charge is 0.0707 e. The average Bonchev–Trinajstić information content (AvgIpc) is 2.40. The van der Waals surface area contributed by atoms with Crippen LogP contribution in [0, 0.1) is 5.92 Å². The van der Waals surface area contributed by atoms with E-state index in [0.29, 0.717) is 18.9 Å². The molecule has 3 unspecified atom stereocenters. The molecule has 0 bridgehead atoms. The van der Waals surface area contributed by atoms with Gasteiger partial charge in [-0.1, -0.05) is 37.3 Å². The summed E-state index contributed by atoms with van der Waals surface area (Å²) in [4.78, 5) is 2.25. The molecule has 2 rings (SSSR count). The first-order valence-electron chi connectivity index (χ1n) is 7.27. The molecule has 0 saturated carbocycles. The van der Waals surface area contributed by atoms with Crippen LogP contribution >= 0.6 is 0 Å². The second kappa shape index (κ2) is 7.04. The predicted molar refractivity (Wildman–Crippen MR) is 77.0 cm³/mol. The van der Waals surface area contributed by atoms with Crippen molar-refractivity contribution in [3.8, 4) is 0 Å². The second-order valence-electron chi connectivity index (χ2n) is 5.71. The van der Waals surface area contributed by atoms with Gasteiger partial charge in [0.1, 0.15) is 0 Å². The van der Waals surface area contributed by atoms with E-state index in [-0.39, 0.29) is 18.8 Å². The SMILES string of the molecule is CC1CCCN(CC(O)Cc2ccccc2)C1CO. The normalized spacial score (nSPS) is 26.3. The number of β-amino-alcohol motifs (C(OH)–C–C–N with tert-alkyl or cyclic N) is 1. The Bertz CT molecular complexity index is 368. The van der Waals surface area contributed by atoms with Crippen molar-refractivity contribution >= 4 is 0 Å². The number of hydrogen-bond donors (Lipinski definition) is 2. The Hall–Kier alpha value is -0.900. The molecule has 0 radical (unpaired) electrons. The van der Waals surface area contributed by atoms with Crippen LogP contribution in [0.15, 0.2) is 30.3 Å². The van der Waals surface area contributed by atoms with Crippen molar-refractivity contribution in [3.05, 3.63) is 35.9 Å². The summed E-state index contributed by atoms with van der Waals surface area (Å²) in [7, 11) is 0. The molecule has 106 valence electrons. The minimum absolute atomic E-state index is 0.194. The number of piperidine rings is 1. The molecule has 19 heavy (non-hydrogen) atoms. The van der Waals surface area contributed by atoms with E-state index >= 15 is 0 Å². The van der Waals surface area contributed by atoms with E-state index in [1.54, 1.807) is 0 Å². The van der Waals surface area contributed by atoms with Crippen molar-refractivity contribution in [2.45, 2.75) is 38.3 Å². The Morgan fingerprint density at radius 3 is 2.74 bits per heavy atom. The van der Waals surface area contributed by atoms with Gasteiger partial charge in [-0.2, -0.15) is 0 Å². The molecule has 1 aliphatic rings. The van der Waals surface area contributed by atoms with Crippen molar-refractivity contribution in [2.24, 2.45) is 5.92 Å². The van der Waals surface area contributed by atoms with Gasteiger partial charge in [-0.05, 0) is 37.3 Å². The zero-order valence-electron chi connectivity index (χ0n) is 11.7. The number of benzene rings is 1. The van der Waals surface area contributed by atoms with Crippen LogP contribution in [0.5, 0.6) is 0 Å². The van der Waals surface area contributed by atoms with E-state index in [1.807, 2.05) is 30.3 Å². The zero-order valence-corrected chi connectivity index (χ0v) is 11.7. The third-order valence-corrected chi connectivity index (χ3v) is 4.18. The fraction of sp³-hybridized carbons (Fsp3) is 0.625. The predicted octanol–water partition coefficient (Wildman–Crippen LogP) is 1.68. The van der Waals surface area contributed by atoms with Gasteiger partial charge < -0.3 is 10.2 Å². The van der Waals surface area contributed by atoms with Gasteiger partial charge in [-0.15, -0.1) is 0 Å². The van der Waals surface area contributed by atoms with Crippen LogP contribution in [0.1, 0.15) is 25.3 Å². The number of hydrogen-bond acceptors (Lipinski definition) is 3. The minimum atomic E-state index is -0.359. The lowest BCUT2D eigenvalue weighted by Gasteiger charge is -2.40. The molecule has 1 saturated heterocycles. The lowest BCUT2D eigenvalue weighted by molar-refractivity contribution is 0.0173. The number of nitrogens with zero attached hydrogens (tertiary/aromatic N) is 1. The third kappa shape index (κ3) is 4.03. The first kappa shape index (κ1) is 14.5. The molecule has 3 heteroatoms. The molecule has 1 fully saturated rings. The lowest BCUT2D eigenvalue weighted by atomic mass is 9.91. The van der Waals surface area contributed by atoms with E-state index in [9.17, 15) is 10.2 Å². The summed E-state index contributed by atoms with van der Waals surface area (Å²) in [5.74, 6) is 0.516. The maximum Gasteiger partial charge on any atom is 0.0707 e. The molecule has 2 N–H and O–H groups in total. The molecular weight excluding hydrogens is 238 g/mol. The van der Waals surface area contributed by atoms with Crippen LogP contribution in [-0.2, 0) is 6.42 Å². The quantitative estimate of drug-likeness (QED) is 0.849. The standard InChI is InChI=1S/C16H25NO2/c1-13-6-5-9-17(16(13)12-18)11-15(19)10-14-7-3-2-4-8-14/h2-4,7-8,13,15-16,18-19H,5-6,9-12H2,1H3. The topological polar surface area (TPSA) is 43.7 Å².